The van der Waals surface area contributed by atoms with E-state index in [4.69, 9.17) is 14.2 Å². The Bertz CT molecular complexity index is 1620. The zero-order valence-corrected chi connectivity index (χ0v) is 42.1. The van der Waals surface area contributed by atoms with Crippen LogP contribution in [0.1, 0.15) is 175 Å². The molecule has 0 aromatic heterocycles. The van der Waals surface area contributed by atoms with Gasteiger partial charge in [0.05, 0.1) is 0 Å². The zero-order valence-electron chi connectivity index (χ0n) is 42.1. The molecule has 370 valence electrons. The maximum Gasteiger partial charge on any atom is 0.306 e. The topological polar surface area (TPSA) is 78.9 Å². The summed E-state index contributed by atoms with van der Waals surface area (Å²) >= 11 is 0. The number of carbonyl (C=O) groups excluding carboxylic acids is 3. The SMILES string of the molecule is CC\C=C/C=C\C=C/C=C\C=C\C=C/C=C\CCCCCC(=O)OCC(COC(=O)CCCCCCC\C=C/C=C\C=C/CC)OC(=O)CCC/C=C\C/C=C\C/C=C\C/C=C\CCCCC. The molecule has 0 radical (unpaired) electrons. The monoisotopic (exact) mass is 919 g/mol. The van der Waals surface area contributed by atoms with E-state index in [2.05, 4.69) is 112 Å². The zero-order chi connectivity index (χ0) is 48.6. The van der Waals surface area contributed by atoms with E-state index >= 15 is 0 Å². The van der Waals surface area contributed by atoms with Crippen LogP contribution in [0.15, 0.2) is 170 Å². The van der Waals surface area contributed by atoms with Crippen LogP contribution in [0, 0.1) is 0 Å². The van der Waals surface area contributed by atoms with E-state index in [1.54, 1.807) is 0 Å². The minimum Gasteiger partial charge on any atom is -0.462 e. The van der Waals surface area contributed by atoms with Crippen molar-refractivity contribution < 1.29 is 28.6 Å². The largest absolute Gasteiger partial charge is 0.462 e. The van der Waals surface area contributed by atoms with Gasteiger partial charge in [0.1, 0.15) is 13.2 Å². The van der Waals surface area contributed by atoms with Gasteiger partial charge < -0.3 is 14.2 Å². The molecule has 0 spiro atoms. The van der Waals surface area contributed by atoms with Gasteiger partial charge in [-0.05, 0) is 96.3 Å². The van der Waals surface area contributed by atoms with Gasteiger partial charge in [-0.2, -0.15) is 0 Å². The molecule has 1 unspecified atom stereocenters. The normalized spacial score (nSPS) is 13.5. The third kappa shape index (κ3) is 51.6. The maximum absolute atomic E-state index is 12.8. The molecule has 0 bridgehead atoms. The van der Waals surface area contributed by atoms with Gasteiger partial charge in [-0.3, -0.25) is 14.4 Å². The van der Waals surface area contributed by atoms with E-state index in [0.29, 0.717) is 19.3 Å². The first-order valence-electron chi connectivity index (χ1n) is 25.8. The summed E-state index contributed by atoms with van der Waals surface area (Å²) in [5.74, 6) is -1.07. The van der Waals surface area contributed by atoms with E-state index in [1.807, 2.05) is 79.0 Å². The Hall–Kier alpha value is -5.23. The fourth-order valence-electron chi connectivity index (χ4n) is 6.12. The predicted octanol–water partition coefficient (Wildman–Crippen LogP) is 17.2. The summed E-state index contributed by atoms with van der Waals surface area (Å²) in [4.78, 5) is 38.0. The molecule has 6 heteroatoms. The van der Waals surface area contributed by atoms with Crippen LogP contribution in [0.4, 0.5) is 0 Å². The quantitative estimate of drug-likeness (QED) is 0.0199. The highest BCUT2D eigenvalue weighted by atomic mass is 16.6. The number of unbranched alkanes of at least 4 members (excludes halogenated alkanes) is 12. The number of ether oxygens (including phenoxy) is 3. The van der Waals surface area contributed by atoms with Crippen molar-refractivity contribution in [2.45, 2.75) is 181 Å². The Labute approximate surface area is 409 Å². The summed E-state index contributed by atoms with van der Waals surface area (Å²) in [6.45, 7) is 6.19. The van der Waals surface area contributed by atoms with Crippen molar-refractivity contribution in [1.29, 1.82) is 0 Å². The third-order valence-electron chi connectivity index (χ3n) is 9.94. The first-order chi connectivity index (χ1) is 33.0. The molecule has 0 heterocycles. The molecule has 0 amide bonds. The van der Waals surface area contributed by atoms with E-state index in [1.165, 1.54) is 25.7 Å². The lowest BCUT2D eigenvalue weighted by Crippen LogP contribution is -2.30. The molecule has 1 atom stereocenters. The van der Waals surface area contributed by atoms with Crippen LogP contribution < -0.4 is 0 Å². The molecule has 0 aromatic rings. The molecule has 0 saturated carbocycles. The van der Waals surface area contributed by atoms with Gasteiger partial charge >= 0.3 is 17.9 Å². The molecule has 0 aliphatic rings. The lowest BCUT2D eigenvalue weighted by Gasteiger charge is -2.18. The van der Waals surface area contributed by atoms with Crippen LogP contribution in [-0.4, -0.2) is 37.2 Å². The molecular formula is C61H90O6. The van der Waals surface area contributed by atoms with Gasteiger partial charge in [-0.15, -0.1) is 0 Å². The fourth-order valence-corrected chi connectivity index (χ4v) is 6.12. The second-order valence-electron chi connectivity index (χ2n) is 16.2. The summed E-state index contributed by atoms with van der Waals surface area (Å²) < 4.78 is 16.7. The van der Waals surface area contributed by atoms with Crippen molar-refractivity contribution in [2.24, 2.45) is 0 Å². The second-order valence-corrected chi connectivity index (χ2v) is 16.2. The summed E-state index contributed by atoms with van der Waals surface area (Å²) in [7, 11) is 0. The van der Waals surface area contributed by atoms with Gasteiger partial charge in [0.15, 0.2) is 6.10 Å². The molecule has 67 heavy (non-hydrogen) atoms. The lowest BCUT2D eigenvalue weighted by molar-refractivity contribution is -0.167. The van der Waals surface area contributed by atoms with Gasteiger partial charge in [0, 0.05) is 19.3 Å². The molecule has 6 nitrogen and oxygen atoms in total. The van der Waals surface area contributed by atoms with Crippen LogP contribution in [0.25, 0.3) is 0 Å². The van der Waals surface area contributed by atoms with Crippen LogP contribution in [0.5, 0.6) is 0 Å². The van der Waals surface area contributed by atoms with E-state index in [0.717, 1.165) is 96.3 Å². The molecule has 0 aliphatic carbocycles. The third-order valence-corrected chi connectivity index (χ3v) is 9.94. The van der Waals surface area contributed by atoms with Gasteiger partial charge in [-0.25, -0.2) is 0 Å². The van der Waals surface area contributed by atoms with Gasteiger partial charge in [0.2, 0.25) is 0 Å². The Morgan fingerprint density at radius 1 is 0.328 bits per heavy atom. The number of rotatable bonds is 43. The maximum atomic E-state index is 12.8. The summed E-state index contributed by atoms with van der Waals surface area (Å²) in [6, 6.07) is 0. The number of hydrogen-bond acceptors (Lipinski definition) is 6. The van der Waals surface area contributed by atoms with Crippen molar-refractivity contribution in [1.82, 2.24) is 0 Å². The van der Waals surface area contributed by atoms with Crippen LogP contribution in [0.3, 0.4) is 0 Å². The highest BCUT2D eigenvalue weighted by Gasteiger charge is 2.19. The fraction of sp³-hybridized carbons (Fsp3) is 0.492. The minimum atomic E-state index is -0.844. The Morgan fingerprint density at radius 3 is 1.10 bits per heavy atom. The standard InChI is InChI=1S/C61H90O6/c1-4-7-10-13-16-19-22-25-27-29-30-32-33-36-39-42-45-48-51-54-60(63)66-57-58(56-65-59(62)53-50-47-44-41-38-35-24-21-18-15-12-9-6-3)67-61(64)55-52-49-46-43-40-37-34-31-28-26-23-20-17-14-11-8-5-2/h7,9-10,12-13,15-22,24-30,32-34,36-37,39,43,46,58H,4-6,8,11,14,23,31,35,38,40-42,44-45,47-57H2,1-3H3/b10-7-,12-9-,16-13-,18-15-,20-17-,22-19-,24-21-,27-25-,28-26-,30-29+,33-32-,37-34-,39-36-,46-43-. The van der Waals surface area contributed by atoms with Gasteiger partial charge in [0.25, 0.3) is 0 Å². The first kappa shape index (κ1) is 61.8. The number of carbonyl (C=O) groups is 3. The van der Waals surface area contributed by atoms with Crippen LogP contribution >= 0.6 is 0 Å². The molecule has 0 fully saturated rings. The summed E-state index contributed by atoms with van der Waals surface area (Å²) in [6.07, 6.45) is 79.0. The van der Waals surface area contributed by atoms with Crippen molar-refractivity contribution in [3.8, 4) is 0 Å². The molecule has 0 N–H and O–H groups in total. The molecule has 0 rings (SSSR count). The lowest BCUT2D eigenvalue weighted by atomic mass is 10.1. The van der Waals surface area contributed by atoms with Crippen LogP contribution in [-0.2, 0) is 28.6 Å². The highest BCUT2D eigenvalue weighted by Crippen LogP contribution is 2.11. The smallest absolute Gasteiger partial charge is 0.306 e. The van der Waals surface area contributed by atoms with E-state index < -0.39 is 12.1 Å². The van der Waals surface area contributed by atoms with Crippen molar-refractivity contribution in [3.05, 3.63) is 170 Å². The first-order valence-corrected chi connectivity index (χ1v) is 25.8. The number of hydrogen-bond donors (Lipinski definition) is 0. The van der Waals surface area contributed by atoms with E-state index in [9.17, 15) is 14.4 Å². The average Bonchev–Trinajstić information content (AvgIpc) is 3.33. The highest BCUT2D eigenvalue weighted by molar-refractivity contribution is 5.71. The Balaban J connectivity index is 4.65. The molecule has 0 aliphatic heterocycles. The predicted molar refractivity (Wildman–Crippen MR) is 288 cm³/mol. The van der Waals surface area contributed by atoms with Crippen LogP contribution in [0.2, 0.25) is 0 Å². The summed E-state index contributed by atoms with van der Waals surface area (Å²) in [5.41, 5.74) is 0. The van der Waals surface area contributed by atoms with Crippen molar-refractivity contribution in [3.63, 3.8) is 0 Å². The number of allylic oxidation sites excluding steroid dienone is 28. The second kappa shape index (κ2) is 53.4. The molecule has 0 aromatic carbocycles. The average molecular weight is 919 g/mol. The van der Waals surface area contributed by atoms with Crippen molar-refractivity contribution in [2.75, 3.05) is 13.2 Å². The molecule has 0 saturated heterocycles. The minimum absolute atomic E-state index is 0.135. The number of esters is 3. The Kier molecular flexibility index (Phi) is 49.2. The molecular weight excluding hydrogens is 829 g/mol. The van der Waals surface area contributed by atoms with Crippen molar-refractivity contribution >= 4 is 17.9 Å². The van der Waals surface area contributed by atoms with Gasteiger partial charge in [-0.1, -0.05) is 229 Å². The summed E-state index contributed by atoms with van der Waals surface area (Å²) in [5, 5.41) is 0. The van der Waals surface area contributed by atoms with E-state index in [-0.39, 0.29) is 38.0 Å². The Morgan fingerprint density at radius 2 is 0.657 bits per heavy atom.